The van der Waals surface area contributed by atoms with E-state index in [1.165, 1.54) is 18.2 Å². The number of methoxy groups -OCH3 is 1. The maximum Gasteiger partial charge on any atom is 0.313 e. The van der Waals surface area contributed by atoms with E-state index in [0.29, 0.717) is 0 Å². The molecule has 0 aliphatic heterocycles. The molecule has 0 saturated carbocycles. The van der Waals surface area contributed by atoms with Gasteiger partial charge in [0.05, 0.1) is 13.0 Å². The molecule has 1 atom stereocenters. The number of ether oxygens (including phenoxy) is 1. The van der Waals surface area contributed by atoms with Crippen molar-refractivity contribution in [3.05, 3.63) is 34.9 Å². The van der Waals surface area contributed by atoms with Gasteiger partial charge in [-0.3, -0.25) is 4.79 Å². The first-order chi connectivity index (χ1) is 8.13. The van der Waals surface area contributed by atoms with E-state index in [2.05, 4.69) is 39.0 Å². The summed E-state index contributed by atoms with van der Waals surface area (Å²) >= 11 is 0. The molecule has 1 unspecified atom stereocenters. The number of carbonyl (C=O) groups is 1. The van der Waals surface area contributed by atoms with Gasteiger partial charge in [-0.2, -0.15) is 0 Å². The average molecular weight is 234 g/mol. The van der Waals surface area contributed by atoms with Crippen LogP contribution in [0.25, 0.3) is 0 Å². The molecule has 1 rings (SSSR count). The second kappa shape index (κ2) is 6.43. The number of hydrogen-bond donors (Lipinski definition) is 0. The zero-order chi connectivity index (χ0) is 12.8. The van der Waals surface area contributed by atoms with Crippen LogP contribution in [0.3, 0.4) is 0 Å². The highest BCUT2D eigenvalue weighted by Gasteiger charge is 2.22. The minimum Gasteiger partial charge on any atom is -0.469 e. The quantitative estimate of drug-likeness (QED) is 0.727. The lowest BCUT2D eigenvalue weighted by molar-refractivity contribution is -0.142. The van der Waals surface area contributed by atoms with Gasteiger partial charge in [0.2, 0.25) is 0 Å². The Morgan fingerprint density at radius 3 is 2.59 bits per heavy atom. The smallest absolute Gasteiger partial charge is 0.313 e. The van der Waals surface area contributed by atoms with Crippen LogP contribution in [-0.2, 0) is 16.0 Å². The Morgan fingerprint density at radius 2 is 2.06 bits per heavy atom. The summed E-state index contributed by atoms with van der Waals surface area (Å²) in [4.78, 5) is 11.8. The van der Waals surface area contributed by atoms with Crippen molar-refractivity contribution in [2.45, 2.75) is 46.0 Å². The number of aryl methyl sites for hydroxylation is 2. The van der Waals surface area contributed by atoms with Gasteiger partial charge in [-0.05, 0) is 30.9 Å². The van der Waals surface area contributed by atoms with E-state index in [0.717, 1.165) is 24.8 Å². The molecular formula is C15H22O2. The lowest BCUT2D eigenvalue weighted by Crippen LogP contribution is -2.16. The highest BCUT2D eigenvalue weighted by molar-refractivity contribution is 5.78. The summed E-state index contributed by atoms with van der Waals surface area (Å²) < 4.78 is 4.91. The normalized spacial score (nSPS) is 12.2. The number of hydrogen-bond acceptors (Lipinski definition) is 2. The van der Waals surface area contributed by atoms with E-state index >= 15 is 0 Å². The molecule has 0 heterocycles. The molecule has 17 heavy (non-hydrogen) atoms. The lowest BCUT2D eigenvalue weighted by Gasteiger charge is -2.18. The molecule has 0 aromatic heterocycles. The summed E-state index contributed by atoms with van der Waals surface area (Å²) in [5.41, 5.74) is 3.63. The van der Waals surface area contributed by atoms with Crippen molar-refractivity contribution < 1.29 is 9.53 Å². The van der Waals surface area contributed by atoms with Crippen molar-refractivity contribution in [2.24, 2.45) is 0 Å². The minimum atomic E-state index is -0.120. The van der Waals surface area contributed by atoms with Crippen LogP contribution in [0.15, 0.2) is 18.2 Å². The SMILES string of the molecule is CCCC(C(=O)OC)c1ccc(C)cc1CC. The number of rotatable bonds is 5. The first-order valence-corrected chi connectivity index (χ1v) is 6.31. The van der Waals surface area contributed by atoms with E-state index in [1.807, 2.05) is 0 Å². The molecule has 0 fully saturated rings. The Bertz CT molecular complexity index is 383. The Morgan fingerprint density at radius 1 is 1.35 bits per heavy atom. The second-order valence-corrected chi connectivity index (χ2v) is 4.42. The highest BCUT2D eigenvalue weighted by Crippen LogP contribution is 2.27. The summed E-state index contributed by atoms with van der Waals surface area (Å²) in [6.45, 7) is 6.30. The van der Waals surface area contributed by atoms with Gasteiger partial charge >= 0.3 is 5.97 Å². The van der Waals surface area contributed by atoms with Crippen LogP contribution in [0.2, 0.25) is 0 Å². The van der Waals surface area contributed by atoms with Crippen molar-refractivity contribution in [2.75, 3.05) is 7.11 Å². The van der Waals surface area contributed by atoms with Gasteiger partial charge in [0.1, 0.15) is 0 Å². The van der Waals surface area contributed by atoms with Gasteiger partial charge in [-0.15, -0.1) is 0 Å². The fourth-order valence-electron chi connectivity index (χ4n) is 2.21. The van der Waals surface area contributed by atoms with Crippen LogP contribution in [0.1, 0.15) is 49.3 Å². The third-order valence-electron chi connectivity index (χ3n) is 3.12. The van der Waals surface area contributed by atoms with E-state index in [-0.39, 0.29) is 11.9 Å². The molecule has 0 bridgehead atoms. The van der Waals surface area contributed by atoms with Crippen LogP contribution >= 0.6 is 0 Å². The summed E-state index contributed by atoms with van der Waals surface area (Å²) in [6, 6.07) is 6.31. The molecule has 0 aliphatic rings. The van der Waals surface area contributed by atoms with Crippen molar-refractivity contribution in [3.63, 3.8) is 0 Å². The standard InChI is InChI=1S/C15H22O2/c1-5-7-14(15(16)17-4)13-9-8-11(3)10-12(13)6-2/h8-10,14H,5-7H2,1-4H3. The fourth-order valence-corrected chi connectivity index (χ4v) is 2.21. The summed E-state index contributed by atoms with van der Waals surface area (Å²) in [6.07, 6.45) is 2.79. The second-order valence-electron chi connectivity index (χ2n) is 4.42. The van der Waals surface area contributed by atoms with Gasteiger partial charge in [0.25, 0.3) is 0 Å². The average Bonchev–Trinajstić information content (AvgIpc) is 2.35. The van der Waals surface area contributed by atoms with Crippen molar-refractivity contribution in [1.29, 1.82) is 0 Å². The molecule has 0 N–H and O–H groups in total. The van der Waals surface area contributed by atoms with Crippen LogP contribution in [0.4, 0.5) is 0 Å². The minimum absolute atomic E-state index is 0.111. The van der Waals surface area contributed by atoms with Gasteiger partial charge in [0, 0.05) is 0 Å². The van der Waals surface area contributed by atoms with Crippen LogP contribution in [0.5, 0.6) is 0 Å². The molecule has 94 valence electrons. The molecular weight excluding hydrogens is 212 g/mol. The van der Waals surface area contributed by atoms with E-state index in [1.54, 1.807) is 0 Å². The van der Waals surface area contributed by atoms with Crippen LogP contribution in [-0.4, -0.2) is 13.1 Å². The molecule has 0 saturated heterocycles. The summed E-state index contributed by atoms with van der Waals surface area (Å²) in [5.74, 6) is -0.231. The zero-order valence-corrected chi connectivity index (χ0v) is 11.2. The van der Waals surface area contributed by atoms with E-state index in [4.69, 9.17) is 4.74 Å². The Balaban J connectivity index is 3.12. The van der Waals surface area contributed by atoms with Crippen molar-refractivity contribution in [3.8, 4) is 0 Å². The topological polar surface area (TPSA) is 26.3 Å². The molecule has 1 aromatic carbocycles. The van der Waals surface area contributed by atoms with Gasteiger partial charge in [-0.25, -0.2) is 0 Å². The monoisotopic (exact) mass is 234 g/mol. The van der Waals surface area contributed by atoms with E-state index < -0.39 is 0 Å². The van der Waals surface area contributed by atoms with Gasteiger partial charge < -0.3 is 4.74 Å². The third-order valence-corrected chi connectivity index (χ3v) is 3.12. The van der Waals surface area contributed by atoms with Crippen LogP contribution < -0.4 is 0 Å². The largest absolute Gasteiger partial charge is 0.469 e. The molecule has 2 nitrogen and oxygen atoms in total. The third kappa shape index (κ3) is 3.32. The zero-order valence-electron chi connectivity index (χ0n) is 11.2. The Labute approximate surface area is 104 Å². The van der Waals surface area contributed by atoms with E-state index in [9.17, 15) is 4.79 Å². The predicted octanol–water partition coefficient (Wildman–Crippen LogP) is 3.61. The summed E-state index contributed by atoms with van der Waals surface area (Å²) in [7, 11) is 1.46. The maximum absolute atomic E-state index is 11.8. The van der Waals surface area contributed by atoms with Crippen molar-refractivity contribution >= 4 is 5.97 Å². The fraction of sp³-hybridized carbons (Fsp3) is 0.533. The number of benzene rings is 1. The number of esters is 1. The lowest BCUT2D eigenvalue weighted by atomic mass is 9.89. The molecule has 2 heteroatoms. The molecule has 0 amide bonds. The van der Waals surface area contributed by atoms with Gasteiger partial charge in [0.15, 0.2) is 0 Å². The van der Waals surface area contributed by atoms with Crippen molar-refractivity contribution in [1.82, 2.24) is 0 Å². The first-order valence-electron chi connectivity index (χ1n) is 6.31. The van der Waals surface area contributed by atoms with Crippen LogP contribution in [0, 0.1) is 6.92 Å². The summed E-state index contributed by atoms with van der Waals surface area (Å²) in [5, 5.41) is 0. The molecule has 1 aromatic rings. The molecule has 0 radical (unpaired) electrons. The molecule has 0 aliphatic carbocycles. The maximum atomic E-state index is 11.8. The highest BCUT2D eigenvalue weighted by atomic mass is 16.5. The Hall–Kier alpha value is -1.31. The number of carbonyl (C=O) groups excluding carboxylic acids is 1. The predicted molar refractivity (Wildman–Crippen MR) is 70.2 cm³/mol. The van der Waals surface area contributed by atoms with Gasteiger partial charge in [-0.1, -0.05) is 44.0 Å². The molecule has 0 spiro atoms. The first kappa shape index (κ1) is 13.8. The Kier molecular flexibility index (Phi) is 5.20.